The van der Waals surface area contributed by atoms with Gasteiger partial charge in [0, 0.05) is 38.6 Å². The van der Waals surface area contributed by atoms with Crippen LogP contribution < -0.4 is 15.4 Å². The molecule has 1 aliphatic rings. The number of hydrogen-bond donors (Lipinski definition) is 3. The Morgan fingerprint density at radius 3 is 2.71 bits per heavy atom. The standard InChI is InChI=1S/C24H29Cl2N3O5/c1-15-14-29(9-8-27-15)10-11-34-22-18(25)13-17(21(30)20(22)26)23(31)28-19(24(32)33-2)12-16-6-4-3-5-7-16/h3-7,13,15,19,27,30H,8-12,14H2,1-2H3,(H,28,31)/t15?,19-/m0/s1. The topological polar surface area (TPSA) is 100 Å². The highest BCUT2D eigenvalue weighted by molar-refractivity contribution is 6.39. The van der Waals surface area contributed by atoms with E-state index in [9.17, 15) is 14.7 Å². The molecule has 3 N–H and O–H groups in total. The lowest BCUT2D eigenvalue weighted by molar-refractivity contribution is -0.142. The van der Waals surface area contributed by atoms with Gasteiger partial charge in [0.15, 0.2) is 11.5 Å². The number of amides is 1. The molecule has 2 aromatic rings. The molecule has 3 rings (SSSR count). The first-order valence-electron chi connectivity index (χ1n) is 11.0. The molecule has 1 fully saturated rings. The molecule has 2 atom stereocenters. The molecule has 8 nitrogen and oxygen atoms in total. The lowest BCUT2D eigenvalue weighted by Crippen LogP contribution is -2.50. The number of phenols is 1. The van der Waals surface area contributed by atoms with E-state index in [1.165, 1.54) is 13.2 Å². The minimum Gasteiger partial charge on any atom is -0.505 e. The average molecular weight is 510 g/mol. The Bertz CT molecular complexity index is 1010. The molecule has 0 aromatic heterocycles. The van der Waals surface area contributed by atoms with Gasteiger partial charge >= 0.3 is 5.97 Å². The molecule has 184 valence electrons. The van der Waals surface area contributed by atoms with Gasteiger partial charge in [-0.25, -0.2) is 4.79 Å². The van der Waals surface area contributed by atoms with Crippen LogP contribution in [0.4, 0.5) is 0 Å². The Morgan fingerprint density at radius 1 is 1.29 bits per heavy atom. The van der Waals surface area contributed by atoms with Gasteiger partial charge in [-0.15, -0.1) is 0 Å². The fraction of sp³-hybridized carbons (Fsp3) is 0.417. The molecule has 0 aliphatic carbocycles. The number of carbonyl (C=O) groups excluding carboxylic acids is 2. The van der Waals surface area contributed by atoms with Crippen molar-refractivity contribution >= 4 is 35.1 Å². The number of ether oxygens (including phenoxy) is 2. The summed E-state index contributed by atoms with van der Waals surface area (Å²) in [5.74, 6) is -1.70. The molecule has 34 heavy (non-hydrogen) atoms. The average Bonchev–Trinajstić information content (AvgIpc) is 2.83. The van der Waals surface area contributed by atoms with Gasteiger partial charge in [-0.1, -0.05) is 53.5 Å². The third kappa shape index (κ3) is 6.76. The van der Waals surface area contributed by atoms with Crippen molar-refractivity contribution in [2.24, 2.45) is 0 Å². The summed E-state index contributed by atoms with van der Waals surface area (Å²) in [6.07, 6.45) is 0.216. The van der Waals surface area contributed by atoms with Gasteiger partial charge in [-0.2, -0.15) is 0 Å². The number of halogens is 2. The number of carbonyl (C=O) groups is 2. The molecule has 0 spiro atoms. The van der Waals surface area contributed by atoms with Crippen molar-refractivity contribution in [3.8, 4) is 11.5 Å². The number of nitrogens with zero attached hydrogens (tertiary/aromatic N) is 1. The molecular formula is C24H29Cl2N3O5. The van der Waals surface area contributed by atoms with Gasteiger partial charge in [0.2, 0.25) is 0 Å². The SMILES string of the molecule is COC(=O)[C@H](Cc1ccccc1)NC(=O)c1cc(Cl)c(OCCN2CCNC(C)C2)c(Cl)c1O. The van der Waals surface area contributed by atoms with Crippen LogP contribution in [0.3, 0.4) is 0 Å². The van der Waals surface area contributed by atoms with Crippen molar-refractivity contribution in [1.29, 1.82) is 0 Å². The van der Waals surface area contributed by atoms with Gasteiger partial charge in [0.25, 0.3) is 5.91 Å². The maximum absolute atomic E-state index is 12.9. The van der Waals surface area contributed by atoms with Crippen molar-refractivity contribution in [2.75, 3.05) is 39.9 Å². The number of hydrogen-bond acceptors (Lipinski definition) is 7. The summed E-state index contributed by atoms with van der Waals surface area (Å²) in [6.45, 7) is 5.82. The molecule has 1 unspecified atom stereocenters. The van der Waals surface area contributed by atoms with Crippen LogP contribution in [0.1, 0.15) is 22.8 Å². The minimum absolute atomic E-state index is 0.0827. The third-order valence-electron chi connectivity index (χ3n) is 5.58. The van der Waals surface area contributed by atoms with E-state index in [4.69, 9.17) is 32.7 Å². The molecule has 10 heteroatoms. The van der Waals surface area contributed by atoms with Crippen LogP contribution >= 0.6 is 23.2 Å². The normalized spacial score (nSPS) is 17.1. The second kappa shape index (κ2) is 12.3. The zero-order valence-corrected chi connectivity index (χ0v) is 20.7. The number of nitrogens with one attached hydrogen (secondary N) is 2. The first-order chi connectivity index (χ1) is 16.3. The summed E-state index contributed by atoms with van der Waals surface area (Å²) in [5.41, 5.74) is 0.668. The number of rotatable bonds is 9. The number of phenolic OH excluding ortho intramolecular Hbond substituents is 1. The van der Waals surface area contributed by atoms with E-state index in [1.54, 1.807) is 0 Å². The highest BCUT2D eigenvalue weighted by Gasteiger charge is 2.27. The van der Waals surface area contributed by atoms with Gasteiger partial charge in [-0.3, -0.25) is 9.69 Å². The molecule has 0 radical (unpaired) electrons. The van der Waals surface area contributed by atoms with E-state index < -0.39 is 23.7 Å². The summed E-state index contributed by atoms with van der Waals surface area (Å²) in [5, 5.41) is 16.5. The van der Waals surface area contributed by atoms with Crippen LogP contribution in [-0.4, -0.2) is 73.9 Å². The molecule has 2 aromatic carbocycles. The largest absolute Gasteiger partial charge is 0.505 e. The predicted molar refractivity (Wildman–Crippen MR) is 131 cm³/mol. The Morgan fingerprint density at radius 2 is 2.03 bits per heavy atom. The second-order valence-electron chi connectivity index (χ2n) is 8.14. The van der Waals surface area contributed by atoms with E-state index in [1.807, 2.05) is 30.3 Å². The van der Waals surface area contributed by atoms with Crippen molar-refractivity contribution in [3.05, 3.63) is 57.6 Å². The van der Waals surface area contributed by atoms with Crippen molar-refractivity contribution < 1.29 is 24.2 Å². The summed E-state index contributed by atoms with van der Waals surface area (Å²) >= 11 is 12.6. The summed E-state index contributed by atoms with van der Waals surface area (Å²) < 4.78 is 10.6. The van der Waals surface area contributed by atoms with Crippen molar-refractivity contribution in [3.63, 3.8) is 0 Å². The lowest BCUT2D eigenvalue weighted by atomic mass is 10.1. The number of methoxy groups -OCH3 is 1. The van der Waals surface area contributed by atoms with E-state index in [-0.39, 0.29) is 27.8 Å². The first-order valence-corrected chi connectivity index (χ1v) is 11.8. The van der Waals surface area contributed by atoms with Gasteiger partial charge in [0.05, 0.1) is 17.7 Å². The van der Waals surface area contributed by atoms with E-state index >= 15 is 0 Å². The maximum Gasteiger partial charge on any atom is 0.328 e. The Balaban J connectivity index is 1.69. The quantitative estimate of drug-likeness (QED) is 0.446. The fourth-order valence-corrected chi connectivity index (χ4v) is 4.37. The predicted octanol–water partition coefficient (Wildman–Crippen LogP) is 2.89. The number of benzene rings is 2. The zero-order chi connectivity index (χ0) is 24.7. The molecule has 1 amide bonds. The summed E-state index contributed by atoms with van der Waals surface area (Å²) in [6, 6.07) is 9.90. The zero-order valence-electron chi connectivity index (χ0n) is 19.1. The Hall–Kier alpha value is -2.52. The second-order valence-corrected chi connectivity index (χ2v) is 8.93. The molecule has 1 aliphatic heterocycles. The smallest absolute Gasteiger partial charge is 0.328 e. The Kier molecular flexibility index (Phi) is 9.41. The van der Waals surface area contributed by atoms with Crippen LogP contribution in [0.2, 0.25) is 10.0 Å². The van der Waals surface area contributed by atoms with Crippen LogP contribution in [-0.2, 0) is 16.0 Å². The lowest BCUT2D eigenvalue weighted by Gasteiger charge is -2.31. The van der Waals surface area contributed by atoms with Crippen LogP contribution in [0.25, 0.3) is 0 Å². The number of piperazine rings is 1. The van der Waals surface area contributed by atoms with E-state index in [0.717, 1.165) is 25.2 Å². The fourth-order valence-electron chi connectivity index (χ4n) is 3.81. The maximum atomic E-state index is 12.9. The highest BCUT2D eigenvalue weighted by Crippen LogP contribution is 2.42. The minimum atomic E-state index is -0.964. The molecule has 0 saturated carbocycles. The van der Waals surface area contributed by atoms with Crippen LogP contribution in [0, 0.1) is 0 Å². The molecule has 1 saturated heterocycles. The van der Waals surface area contributed by atoms with Crippen molar-refractivity contribution in [2.45, 2.75) is 25.4 Å². The summed E-state index contributed by atoms with van der Waals surface area (Å²) in [4.78, 5) is 27.4. The molecular weight excluding hydrogens is 481 g/mol. The van der Waals surface area contributed by atoms with Gasteiger partial charge < -0.3 is 25.2 Å². The number of esters is 1. The summed E-state index contributed by atoms with van der Waals surface area (Å²) in [7, 11) is 1.24. The first kappa shape index (κ1) is 26.1. The molecule has 0 bridgehead atoms. The van der Waals surface area contributed by atoms with Gasteiger partial charge in [0.1, 0.15) is 17.7 Å². The van der Waals surface area contributed by atoms with Crippen molar-refractivity contribution in [1.82, 2.24) is 15.5 Å². The van der Waals surface area contributed by atoms with Crippen LogP contribution in [0.5, 0.6) is 11.5 Å². The monoisotopic (exact) mass is 509 g/mol. The Labute approximate surface area is 209 Å². The number of aromatic hydroxyl groups is 1. The van der Waals surface area contributed by atoms with E-state index in [0.29, 0.717) is 19.2 Å². The molecule has 1 heterocycles. The third-order valence-corrected chi connectivity index (χ3v) is 6.21. The van der Waals surface area contributed by atoms with E-state index in [2.05, 4.69) is 22.5 Å². The van der Waals surface area contributed by atoms with Gasteiger partial charge in [-0.05, 0) is 18.6 Å². The highest BCUT2D eigenvalue weighted by atomic mass is 35.5. The van der Waals surface area contributed by atoms with Crippen LogP contribution in [0.15, 0.2) is 36.4 Å².